The van der Waals surface area contributed by atoms with E-state index in [2.05, 4.69) is 5.32 Å². The molecule has 0 bridgehead atoms. The van der Waals surface area contributed by atoms with Crippen molar-refractivity contribution in [3.63, 3.8) is 0 Å². The average molecular weight is 243 g/mol. The van der Waals surface area contributed by atoms with Gasteiger partial charge in [-0.15, -0.1) is 0 Å². The first-order valence-corrected chi connectivity index (χ1v) is 4.85. The Labute approximate surface area is 91.5 Å². The minimum atomic E-state index is -4.76. The summed E-state index contributed by atoms with van der Waals surface area (Å²) in [6.45, 7) is 2.41. The molecule has 0 aliphatic carbocycles. The molecule has 0 saturated carbocycles. The zero-order valence-electron chi connectivity index (χ0n) is 9.08. The first kappa shape index (κ1) is 15.2. The van der Waals surface area contributed by atoms with E-state index < -0.39 is 30.7 Å². The van der Waals surface area contributed by atoms with Gasteiger partial charge in [-0.3, -0.25) is 4.79 Å². The summed E-state index contributed by atoms with van der Waals surface area (Å²) in [6, 6.07) is -0.371. The fourth-order valence-corrected chi connectivity index (χ4v) is 1.26. The maximum atomic E-state index is 12.2. The van der Waals surface area contributed by atoms with Crippen molar-refractivity contribution in [1.29, 1.82) is 0 Å². The topological polar surface area (TPSA) is 69.6 Å². The van der Waals surface area contributed by atoms with Crippen LogP contribution in [0.5, 0.6) is 0 Å². The molecule has 0 aromatic carbocycles. The van der Waals surface area contributed by atoms with Crippen molar-refractivity contribution >= 4 is 5.97 Å². The predicted octanol–water partition coefficient (Wildman–Crippen LogP) is 0.998. The highest BCUT2D eigenvalue weighted by atomic mass is 19.4. The van der Waals surface area contributed by atoms with Crippen molar-refractivity contribution in [2.24, 2.45) is 5.92 Å². The number of rotatable bonds is 6. The van der Waals surface area contributed by atoms with Gasteiger partial charge in [0.2, 0.25) is 0 Å². The number of hydrogen-bond donors (Lipinski definition) is 3. The van der Waals surface area contributed by atoms with Crippen LogP contribution in [0.1, 0.15) is 20.3 Å². The fraction of sp³-hybridized carbons (Fsp3) is 0.889. The highest BCUT2D eigenvalue weighted by molar-refractivity contribution is 5.71. The molecule has 16 heavy (non-hydrogen) atoms. The van der Waals surface area contributed by atoms with E-state index in [0.717, 1.165) is 0 Å². The van der Waals surface area contributed by atoms with Gasteiger partial charge in [0, 0.05) is 12.6 Å². The molecule has 0 heterocycles. The molecule has 3 N–H and O–H groups in total. The molecule has 0 aliphatic rings. The first-order chi connectivity index (χ1) is 7.14. The molecule has 0 aromatic heterocycles. The molecular formula is C9H16F3NO3. The minimum Gasteiger partial charge on any atom is -0.481 e. The third kappa shape index (κ3) is 5.92. The number of carboxylic acid groups (broad SMARTS) is 1. The SMILES string of the molecule is CC(O)CC(C)NCC(C(=O)O)C(F)(F)F. The van der Waals surface area contributed by atoms with Gasteiger partial charge in [-0.05, 0) is 20.3 Å². The quantitative estimate of drug-likeness (QED) is 0.651. The van der Waals surface area contributed by atoms with Crippen LogP contribution in [0.2, 0.25) is 0 Å². The van der Waals surface area contributed by atoms with E-state index in [1.54, 1.807) is 6.92 Å². The summed E-state index contributed by atoms with van der Waals surface area (Å²) in [5, 5.41) is 19.8. The van der Waals surface area contributed by atoms with E-state index in [-0.39, 0.29) is 12.5 Å². The van der Waals surface area contributed by atoms with Crippen molar-refractivity contribution in [3.8, 4) is 0 Å². The van der Waals surface area contributed by atoms with Crippen molar-refractivity contribution < 1.29 is 28.2 Å². The lowest BCUT2D eigenvalue weighted by molar-refractivity contribution is -0.192. The molecule has 3 unspecified atom stereocenters. The molecule has 0 aliphatic heterocycles. The number of aliphatic hydroxyl groups is 1. The molecule has 0 saturated heterocycles. The van der Waals surface area contributed by atoms with Crippen LogP contribution in [0.25, 0.3) is 0 Å². The van der Waals surface area contributed by atoms with E-state index in [1.165, 1.54) is 6.92 Å². The largest absolute Gasteiger partial charge is 0.481 e. The normalized spacial score (nSPS) is 17.9. The maximum absolute atomic E-state index is 12.2. The molecule has 7 heteroatoms. The Morgan fingerprint density at radius 2 is 1.88 bits per heavy atom. The second kappa shape index (κ2) is 6.05. The van der Waals surface area contributed by atoms with Crippen molar-refractivity contribution in [1.82, 2.24) is 5.32 Å². The Hall–Kier alpha value is -0.820. The zero-order chi connectivity index (χ0) is 12.9. The number of halogens is 3. The Balaban J connectivity index is 4.19. The van der Waals surface area contributed by atoms with Gasteiger partial charge in [0.05, 0.1) is 6.10 Å². The van der Waals surface area contributed by atoms with Gasteiger partial charge in [0.25, 0.3) is 0 Å². The van der Waals surface area contributed by atoms with E-state index in [9.17, 15) is 18.0 Å². The van der Waals surface area contributed by atoms with Crippen LogP contribution in [0.15, 0.2) is 0 Å². The van der Waals surface area contributed by atoms with Crippen LogP contribution in [-0.2, 0) is 4.79 Å². The Bertz CT molecular complexity index is 231. The number of alkyl halides is 3. The standard InChI is InChI=1S/C9H16F3NO3/c1-5(3-6(2)14)13-4-7(8(15)16)9(10,11)12/h5-7,13-14H,3-4H2,1-2H3,(H,15,16). The monoisotopic (exact) mass is 243 g/mol. The number of hydrogen-bond acceptors (Lipinski definition) is 3. The third-order valence-corrected chi connectivity index (χ3v) is 2.06. The minimum absolute atomic E-state index is 0.268. The molecule has 0 rings (SSSR count). The lowest BCUT2D eigenvalue weighted by atomic mass is 10.1. The second-order valence-electron chi connectivity index (χ2n) is 3.83. The summed E-state index contributed by atoms with van der Waals surface area (Å²) in [4.78, 5) is 10.4. The molecule has 0 fully saturated rings. The molecule has 0 radical (unpaired) electrons. The molecule has 0 amide bonds. The lowest BCUT2D eigenvalue weighted by Crippen LogP contribution is -2.42. The van der Waals surface area contributed by atoms with E-state index in [1.807, 2.05) is 0 Å². The van der Waals surface area contributed by atoms with Crippen LogP contribution in [0, 0.1) is 5.92 Å². The highest BCUT2D eigenvalue weighted by Crippen LogP contribution is 2.25. The van der Waals surface area contributed by atoms with Crippen LogP contribution < -0.4 is 5.32 Å². The third-order valence-electron chi connectivity index (χ3n) is 2.06. The van der Waals surface area contributed by atoms with E-state index in [0.29, 0.717) is 0 Å². The van der Waals surface area contributed by atoms with Gasteiger partial charge < -0.3 is 15.5 Å². The van der Waals surface area contributed by atoms with Gasteiger partial charge in [-0.2, -0.15) is 13.2 Å². The zero-order valence-corrected chi connectivity index (χ0v) is 9.08. The van der Waals surface area contributed by atoms with Gasteiger partial charge in [0.15, 0.2) is 5.92 Å². The molecule has 3 atom stereocenters. The maximum Gasteiger partial charge on any atom is 0.403 e. The van der Waals surface area contributed by atoms with Crippen LogP contribution >= 0.6 is 0 Å². The van der Waals surface area contributed by atoms with Gasteiger partial charge >= 0.3 is 12.1 Å². The summed E-state index contributed by atoms with van der Waals surface area (Å²) in [5.74, 6) is -4.31. The predicted molar refractivity (Wildman–Crippen MR) is 50.9 cm³/mol. The summed E-state index contributed by atoms with van der Waals surface area (Å²) in [7, 11) is 0. The van der Waals surface area contributed by atoms with Gasteiger partial charge in [0.1, 0.15) is 0 Å². The second-order valence-corrected chi connectivity index (χ2v) is 3.83. The fourth-order valence-electron chi connectivity index (χ4n) is 1.26. The average Bonchev–Trinajstić information content (AvgIpc) is 1.98. The van der Waals surface area contributed by atoms with E-state index >= 15 is 0 Å². The molecule has 0 spiro atoms. The number of nitrogens with one attached hydrogen (secondary N) is 1. The molecular weight excluding hydrogens is 227 g/mol. The van der Waals surface area contributed by atoms with Gasteiger partial charge in [-0.25, -0.2) is 0 Å². The molecule has 96 valence electrons. The Kier molecular flexibility index (Phi) is 5.74. The van der Waals surface area contributed by atoms with Crippen LogP contribution in [0.3, 0.4) is 0 Å². The summed E-state index contributed by atoms with van der Waals surface area (Å²) < 4.78 is 36.6. The molecule has 4 nitrogen and oxygen atoms in total. The number of carboxylic acids is 1. The summed E-state index contributed by atoms with van der Waals surface area (Å²) in [6.07, 6.45) is -5.13. The number of carbonyl (C=O) groups is 1. The van der Waals surface area contributed by atoms with Crippen molar-refractivity contribution in [2.75, 3.05) is 6.54 Å². The highest BCUT2D eigenvalue weighted by Gasteiger charge is 2.44. The van der Waals surface area contributed by atoms with Crippen LogP contribution in [0.4, 0.5) is 13.2 Å². The van der Waals surface area contributed by atoms with Crippen molar-refractivity contribution in [3.05, 3.63) is 0 Å². The Morgan fingerprint density at radius 3 is 2.19 bits per heavy atom. The van der Waals surface area contributed by atoms with Crippen molar-refractivity contribution in [2.45, 2.75) is 38.6 Å². The first-order valence-electron chi connectivity index (χ1n) is 4.85. The smallest absolute Gasteiger partial charge is 0.403 e. The van der Waals surface area contributed by atoms with E-state index in [4.69, 9.17) is 10.2 Å². The lowest BCUT2D eigenvalue weighted by Gasteiger charge is -2.20. The van der Waals surface area contributed by atoms with Crippen LogP contribution in [-0.4, -0.2) is 41.0 Å². The molecule has 0 aromatic rings. The van der Waals surface area contributed by atoms with Gasteiger partial charge in [-0.1, -0.05) is 0 Å². The Morgan fingerprint density at radius 1 is 1.38 bits per heavy atom. The summed E-state index contributed by atoms with van der Waals surface area (Å²) in [5.41, 5.74) is 0. The summed E-state index contributed by atoms with van der Waals surface area (Å²) >= 11 is 0. The number of aliphatic hydroxyl groups excluding tert-OH is 1. The number of aliphatic carboxylic acids is 1.